The number of amides is 2. The topological polar surface area (TPSA) is 102 Å². The SMILES string of the molecule is CC(C)c1cc(C(N)=O)c(NC(=O)c2cc3nc(-c4cccs4)cc(C(F)(F)F)n3n2)s1. The van der Waals surface area contributed by atoms with Crippen LogP contribution in [0.15, 0.2) is 35.7 Å². The average molecular weight is 480 g/mol. The summed E-state index contributed by atoms with van der Waals surface area (Å²) in [6.07, 6.45) is -4.72. The standard InChI is InChI=1S/C20H16F3N5O2S2/c1-9(2)14-6-10(17(24)29)19(32-14)26-18(30)12-8-16-25-11(13-4-3-5-31-13)7-15(20(21,22)23)28(16)27-12/h3-9H,1-2H3,(H2,24,29)(H,26,30). The molecule has 4 aromatic heterocycles. The number of primary amides is 1. The van der Waals surface area contributed by atoms with Crippen molar-refractivity contribution in [2.45, 2.75) is 25.9 Å². The number of aromatic nitrogens is 3. The van der Waals surface area contributed by atoms with Gasteiger partial charge in [-0.15, -0.1) is 22.7 Å². The molecule has 0 saturated carbocycles. The maximum Gasteiger partial charge on any atom is 0.433 e. The van der Waals surface area contributed by atoms with Crippen LogP contribution in [0.5, 0.6) is 0 Å². The van der Waals surface area contributed by atoms with Gasteiger partial charge >= 0.3 is 6.18 Å². The van der Waals surface area contributed by atoms with Crippen LogP contribution in [0.2, 0.25) is 0 Å². The number of thiophene rings is 2. The van der Waals surface area contributed by atoms with E-state index in [2.05, 4.69) is 15.4 Å². The van der Waals surface area contributed by atoms with Gasteiger partial charge in [-0.3, -0.25) is 9.59 Å². The molecular formula is C20H16F3N5O2S2. The van der Waals surface area contributed by atoms with Gasteiger partial charge < -0.3 is 11.1 Å². The molecule has 4 rings (SSSR count). The Balaban J connectivity index is 1.76. The number of hydrogen-bond donors (Lipinski definition) is 2. The molecule has 0 spiro atoms. The Labute approximate surface area is 187 Å². The third-order valence-corrected chi connectivity index (χ3v) is 6.78. The van der Waals surface area contributed by atoms with Crippen LogP contribution >= 0.6 is 22.7 Å². The number of carbonyl (C=O) groups is 2. The molecule has 2 amide bonds. The van der Waals surface area contributed by atoms with E-state index in [1.807, 2.05) is 13.8 Å². The number of anilines is 1. The Kier molecular flexibility index (Phi) is 5.51. The summed E-state index contributed by atoms with van der Waals surface area (Å²) in [6.45, 7) is 3.83. The van der Waals surface area contributed by atoms with Gasteiger partial charge in [0.2, 0.25) is 0 Å². The Morgan fingerprint density at radius 3 is 2.56 bits per heavy atom. The number of nitrogens with zero attached hydrogens (tertiary/aromatic N) is 3. The van der Waals surface area contributed by atoms with Crippen LogP contribution < -0.4 is 11.1 Å². The predicted molar refractivity (Wildman–Crippen MR) is 116 cm³/mol. The molecule has 3 N–H and O–H groups in total. The van der Waals surface area contributed by atoms with Gasteiger partial charge in [-0.05, 0) is 29.5 Å². The Morgan fingerprint density at radius 1 is 1.22 bits per heavy atom. The van der Waals surface area contributed by atoms with Crippen LogP contribution in [0, 0.1) is 0 Å². The van der Waals surface area contributed by atoms with E-state index in [0.29, 0.717) is 9.39 Å². The number of rotatable bonds is 5. The van der Waals surface area contributed by atoms with Crippen LogP contribution in [0.3, 0.4) is 0 Å². The highest BCUT2D eigenvalue weighted by Crippen LogP contribution is 2.35. The van der Waals surface area contributed by atoms with Crippen molar-refractivity contribution in [3.8, 4) is 10.6 Å². The van der Waals surface area contributed by atoms with Crippen LogP contribution in [0.25, 0.3) is 16.2 Å². The van der Waals surface area contributed by atoms with E-state index < -0.39 is 23.7 Å². The molecular weight excluding hydrogens is 463 g/mol. The van der Waals surface area contributed by atoms with Crippen molar-refractivity contribution in [1.29, 1.82) is 0 Å². The molecule has 0 aliphatic carbocycles. The smallest absolute Gasteiger partial charge is 0.366 e. The molecule has 4 aromatic rings. The fourth-order valence-corrected chi connectivity index (χ4v) is 4.72. The Hall–Kier alpha value is -3.25. The Bertz CT molecular complexity index is 1320. The molecule has 0 aromatic carbocycles. The highest BCUT2D eigenvalue weighted by atomic mass is 32.1. The number of nitrogens with two attached hydrogens (primary N) is 1. The number of carbonyl (C=O) groups excluding carboxylic acids is 2. The average Bonchev–Trinajstić information content (AvgIpc) is 3.44. The summed E-state index contributed by atoms with van der Waals surface area (Å²) in [5.41, 5.74) is 4.20. The normalized spacial score (nSPS) is 11.9. The molecule has 0 unspecified atom stereocenters. The van der Waals surface area contributed by atoms with Crippen molar-refractivity contribution in [3.63, 3.8) is 0 Å². The maximum atomic E-state index is 13.7. The summed E-state index contributed by atoms with van der Waals surface area (Å²) in [5, 5.41) is 8.31. The van der Waals surface area contributed by atoms with E-state index in [0.717, 1.165) is 10.9 Å². The highest BCUT2D eigenvalue weighted by molar-refractivity contribution is 7.16. The number of alkyl halides is 3. The molecule has 0 atom stereocenters. The van der Waals surface area contributed by atoms with E-state index in [-0.39, 0.29) is 33.5 Å². The lowest BCUT2D eigenvalue weighted by atomic mass is 10.1. The van der Waals surface area contributed by atoms with E-state index in [9.17, 15) is 22.8 Å². The van der Waals surface area contributed by atoms with E-state index in [4.69, 9.17) is 5.73 Å². The minimum absolute atomic E-state index is 0.0909. The summed E-state index contributed by atoms with van der Waals surface area (Å²) < 4.78 is 41.6. The van der Waals surface area contributed by atoms with Gasteiger partial charge in [0.25, 0.3) is 11.8 Å². The van der Waals surface area contributed by atoms with Gasteiger partial charge in [-0.25, -0.2) is 9.50 Å². The number of nitrogens with one attached hydrogen (secondary N) is 1. The minimum Gasteiger partial charge on any atom is -0.366 e. The number of hydrogen-bond acceptors (Lipinski definition) is 6. The monoisotopic (exact) mass is 479 g/mol. The van der Waals surface area contributed by atoms with Crippen LogP contribution in [-0.2, 0) is 6.18 Å². The zero-order chi connectivity index (χ0) is 23.2. The van der Waals surface area contributed by atoms with Gasteiger partial charge in [0.05, 0.1) is 16.1 Å². The first-order valence-corrected chi connectivity index (χ1v) is 11.0. The lowest BCUT2D eigenvalue weighted by Gasteiger charge is -2.10. The van der Waals surface area contributed by atoms with Crippen molar-refractivity contribution in [2.75, 3.05) is 5.32 Å². The number of halogens is 3. The van der Waals surface area contributed by atoms with Gasteiger partial charge in [0.15, 0.2) is 17.0 Å². The van der Waals surface area contributed by atoms with E-state index >= 15 is 0 Å². The molecule has 0 aliphatic rings. The third-order valence-electron chi connectivity index (χ3n) is 4.54. The second-order valence-corrected chi connectivity index (χ2v) is 9.20. The quantitative estimate of drug-likeness (QED) is 0.420. The summed E-state index contributed by atoms with van der Waals surface area (Å²) in [5.74, 6) is -1.41. The summed E-state index contributed by atoms with van der Waals surface area (Å²) >= 11 is 2.42. The second-order valence-electron chi connectivity index (χ2n) is 7.17. The highest BCUT2D eigenvalue weighted by Gasteiger charge is 2.36. The fourth-order valence-electron chi connectivity index (χ4n) is 2.98. The Morgan fingerprint density at radius 2 is 1.97 bits per heavy atom. The van der Waals surface area contributed by atoms with E-state index in [1.165, 1.54) is 28.7 Å². The molecule has 32 heavy (non-hydrogen) atoms. The zero-order valence-electron chi connectivity index (χ0n) is 16.7. The molecule has 12 heteroatoms. The van der Waals surface area contributed by atoms with Crippen LogP contribution in [-0.4, -0.2) is 26.4 Å². The van der Waals surface area contributed by atoms with Gasteiger partial charge in [-0.1, -0.05) is 19.9 Å². The minimum atomic E-state index is -4.72. The molecule has 0 radical (unpaired) electrons. The number of fused-ring (bicyclic) bond motifs is 1. The van der Waals surface area contributed by atoms with Gasteiger partial charge in [0, 0.05) is 10.9 Å². The van der Waals surface area contributed by atoms with Crippen LogP contribution in [0.4, 0.5) is 18.2 Å². The van der Waals surface area contributed by atoms with Gasteiger partial charge in [-0.2, -0.15) is 18.3 Å². The molecule has 0 bridgehead atoms. The molecule has 0 fully saturated rings. The van der Waals surface area contributed by atoms with Crippen molar-refractivity contribution >= 4 is 45.1 Å². The molecule has 7 nitrogen and oxygen atoms in total. The van der Waals surface area contributed by atoms with Crippen molar-refractivity contribution in [1.82, 2.24) is 14.6 Å². The van der Waals surface area contributed by atoms with Crippen molar-refractivity contribution in [3.05, 3.63) is 57.5 Å². The van der Waals surface area contributed by atoms with Crippen LogP contribution in [0.1, 0.15) is 51.2 Å². The molecule has 4 heterocycles. The lowest BCUT2D eigenvalue weighted by molar-refractivity contribution is -0.142. The first-order chi connectivity index (χ1) is 15.0. The lowest BCUT2D eigenvalue weighted by Crippen LogP contribution is -2.17. The molecule has 0 saturated heterocycles. The third kappa shape index (κ3) is 4.10. The zero-order valence-corrected chi connectivity index (χ0v) is 18.4. The summed E-state index contributed by atoms with van der Waals surface area (Å²) in [7, 11) is 0. The molecule has 166 valence electrons. The molecule has 0 aliphatic heterocycles. The largest absolute Gasteiger partial charge is 0.433 e. The predicted octanol–water partition coefficient (Wildman–Crippen LogP) is 5.01. The first kappa shape index (κ1) is 22.0. The van der Waals surface area contributed by atoms with E-state index in [1.54, 1.807) is 23.6 Å². The van der Waals surface area contributed by atoms with Crippen molar-refractivity contribution < 1.29 is 22.8 Å². The van der Waals surface area contributed by atoms with Gasteiger partial charge in [0.1, 0.15) is 5.00 Å². The fraction of sp³-hybridized carbons (Fsp3) is 0.200. The summed E-state index contributed by atoms with van der Waals surface area (Å²) in [4.78, 5) is 30.1. The van der Waals surface area contributed by atoms with Crippen molar-refractivity contribution in [2.24, 2.45) is 5.73 Å². The first-order valence-electron chi connectivity index (χ1n) is 9.31. The second kappa shape index (κ2) is 8.02. The summed E-state index contributed by atoms with van der Waals surface area (Å²) in [6, 6.07) is 7.02. The maximum absolute atomic E-state index is 13.7.